The van der Waals surface area contributed by atoms with Crippen LogP contribution in [0.25, 0.3) is 11.0 Å². The standard InChI is InChI=1S/C22H19NO5S/c1-13-6-8-14(9-7-13)19-18-20(24)16-4-2-3-5-17(16)28-21(18)22(25)23(19)15-10-11-29(26,27)12-15/h2-9,15,19H,10-12H2,1H3/t15-,19+/m0/s1. The first-order chi connectivity index (χ1) is 13.9. The lowest BCUT2D eigenvalue weighted by molar-refractivity contribution is 0.0662. The van der Waals surface area contributed by atoms with Gasteiger partial charge in [0.25, 0.3) is 5.91 Å². The van der Waals surface area contributed by atoms with Gasteiger partial charge in [0.15, 0.2) is 15.3 Å². The number of amides is 1. The number of fused-ring (bicyclic) bond motifs is 2. The summed E-state index contributed by atoms with van der Waals surface area (Å²) in [6.45, 7) is 1.96. The van der Waals surface area contributed by atoms with Crippen molar-refractivity contribution in [2.45, 2.75) is 25.4 Å². The molecule has 0 bridgehead atoms. The molecule has 0 N–H and O–H groups in total. The van der Waals surface area contributed by atoms with Gasteiger partial charge in [-0.25, -0.2) is 8.42 Å². The van der Waals surface area contributed by atoms with E-state index in [-0.39, 0.29) is 22.7 Å². The summed E-state index contributed by atoms with van der Waals surface area (Å²) in [6.07, 6.45) is 0.359. The van der Waals surface area contributed by atoms with Crippen LogP contribution in [-0.2, 0) is 9.84 Å². The van der Waals surface area contributed by atoms with Crippen LogP contribution >= 0.6 is 0 Å². The van der Waals surface area contributed by atoms with E-state index in [2.05, 4.69) is 0 Å². The van der Waals surface area contributed by atoms with Crippen LogP contribution in [0.1, 0.15) is 39.7 Å². The molecule has 1 aromatic heterocycles. The van der Waals surface area contributed by atoms with Crippen LogP contribution in [0.3, 0.4) is 0 Å². The van der Waals surface area contributed by atoms with Crippen molar-refractivity contribution in [1.82, 2.24) is 4.90 Å². The number of hydrogen-bond donors (Lipinski definition) is 0. The van der Waals surface area contributed by atoms with E-state index in [0.29, 0.717) is 23.0 Å². The lowest BCUT2D eigenvalue weighted by atomic mass is 9.97. The van der Waals surface area contributed by atoms with Gasteiger partial charge in [-0.2, -0.15) is 0 Å². The molecule has 2 aliphatic rings. The van der Waals surface area contributed by atoms with Crippen LogP contribution in [0.2, 0.25) is 0 Å². The number of carbonyl (C=O) groups is 1. The molecule has 0 aliphatic carbocycles. The van der Waals surface area contributed by atoms with Crippen molar-refractivity contribution in [3.8, 4) is 0 Å². The van der Waals surface area contributed by atoms with Gasteiger partial charge >= 0.3 is 0 Å². The molecule has 3 aromatic rings. The smallest absolute Gasteiger partial charge is 0.291 e. The van der Waals surface area contributed by atoms with Crippen LogP contribution in [0.5, 0.6) is 0 Å². The van der Waals surface area contributed by atoms with E-state index in [1.807, 2.05) is 31.2 Å². The zero-order chi connectivity index (χ0) is 20.3. The Bertz CT molecular complexity index is 1310. The van der Waals surface area contributed by atoms with Gasteiger partial charge in [-0.1, -0.05) is 42.0 Å². The summed E-state index contributed by atoms with van der Waals surface area (Å²) in [5.74, 6) is -0.455. The highest BCUT2D eigenvalue weighted by atomic mass is 32.2. The van der Waals surface area contributed by atoms with Gasteiger partial charge in [-0.15, -0.1) is 0 Å². The minimum Gasteiger partial charge on any atom is -0.450 e. The Morgan fingerprint density at radius 1 is 1.03 bits per heavy atom. The van der Waals surface area contributed by atoms with Gasteiger partial charge in [-0.05, 0) is 31.0 Å². The molecule has 2 aromatic carbocycles. The van der Waals surface area contributed by atoms with Crippen molar-refractivity contribution >= 4 is 26.7 Å². The highest BCUT2D eigenvalue weighted by molar-refractivity contribution is 7.91. The van der Waals surface area contributed by atoms with E-state index >= 15 is 0 Å². The minimum absolute atomic E-state index is 0.0172. The van der Waals surface area contributed by atoms with E-state index in [9.17, 15) is 18.0 Å². The summed E-state index contributed by atoms with van der Waals surface area (Å²) in [4.78, 5) is 28.2. The number of rotatable bonds is 2. The second kappa shape index (κ2) is 6.29. The second-order valence-electron chi connectivity index (χ2n) is 7.75. The lowest BCUT2D eigenvalue weighted by Crippen LogP contribution is -2.40. The Morgan fingerprint density at radius 3 is 2.45 bits per heavy atom. The molecule has 29 heavy (non-hydrogen) atoms. The van der Waals surface area contributed by atoms with Crippen molar-refractivity contribution in [3.63, 3.8) is 0 Å². The first kappa shape index (κ1) is 18.1. The quantitative estimate of drug-likeness (QED) is 0.650. The predicted octanol–water partition coefficient (Wildman–Crippen LogP) is 2.83. The van der Waals surface area contributed by atoms with Crippen molar-refractivity contribution < 1.29 is 17.6 Å². The number of aryl methyl sites for hydroxylation is 1. The number of carbonyl (C=O) groups excluding carboxylic acids is 1. The molecule has 2 aliphatic heterocycles. The van der Waals surface area contributed by atoms with Crippen molar-refractivity contribution in [3.05, 3.63) is 81.2 Å². The van der Waals surface area contributed by atoms with Gasteiger partial charge in [-0.3, -0.25) is 9.59 Å². The molecule has 0 unspecified atom stereocenters. The molecular weight excluding hydrogens is 390 g/mol. The summed E-state index contributed by atoms with van der Waals surface area (Å²) in [6, 6.07) is 13.3. The predicted molar refractivity (Wildman–Crippen MR) is 109 cm³/mol. The molecular formula is C22H19NO5S. The Hall–Kier alpha value is -2.93. The Balaban J connectivity index is 1.76. The Morgan fingerprint density at radius 2 is 1.76 bits per heavy atom. The van der Waals surface area contributed by atoms with Crippen molar-refractivity contribution in [1.29, 1.82) is 0 Å². The Labute approximate surface area is 167 Å². The fourth-order valence-electron chi connectivity index (χ4n) is 4.38. The summed E-state index contributed by atoms with van der Waals surface area (Å²) < 4.78 is 30.1. The van der Waals surface area contributed by atoms with Crippen molar-refractivity contribution in [2.24, 2.45) is 0 Å². The second-order valence-corrected chi connectivity index (χ2v) is 9.98. The number of hydrogen-bond acceptors (Lipinski definition) is 5. The number of nitrogens with zero attached hydrogens (tertiary/aromatic N) is 1. The highest BCUT2D eigenvalue weighted by Crippen LogP contribution is 2.41. The summed E-state index contributed by atoms with van der Waals surface area (Å²) in [5, 5.41) is 0.414. The fraction of sp³-hybridized carbons (Fsp3) is 0.273. The number of sulfone groups is 1. The van der Waals surface area contributed by atoms with Crippen LogP contribution in [0.15, 0.2) is 57.7 Å². The van der Waals surface area contributed by atoms with Crippen LogP contribution in [0.4, 0.5) is 0 Å². The third-order valence-corrected chi connectivity index (χ3v) is 7.56. The van der Waals surface area contributed by atoms with E-state index in [1.54, 1.807) is 29.2 Å². The molecule has 7 heteroatoms. The van der Waals surface area contributed by atoms with Gasteiger partial charge in [0, 0.05) is 6.04 Å². The molecule has 148 valence electrons. The summed E-state index contributed by atoms with van der Waals surface area (Å²) in [7, 11) is -3.21. The molecule has 0 saturated carbocycles. The average Bonchev–Trinajstić information content (AvgIpc) is 3.20. The molecule has 0 radical (unpaired) electrons. The topological polar surface area (TPSA) is 84.7 Å². The molecule has 3 heterocycles. The average molecular weight is 409 g/mol. The Kier molecular flexibility index (Phi) is 3.93. The van der Waals surface area contributed by atoms with Crippen LogP contribution < -0.4 is 5.43 Å². The molecule has 1 amide bonds. The maximum absolute atomic E-state index is 13.3. The van der Waals surface area contributed by atoms with Gasteiger partial charge < -0.3 is 9.32 Å². The van der Waals surface area contributed by atoms with E-state index in [0.717, 1.165) is 11.1 Å². The number of para-hydroxylation sites is 1. The number of benzene rings is 2. The molecule has 1 fully saturated rings. The molecule has 6 nitrogen and oxygen atoms in total. The van der Waals surface area contributed by atoms with E-state index < -0.39 is 27.8 Å². The van der Waals surface area contributed by atoms with Gasteiger partial charge in [0.1, 0.15) is 5.58 Å². The maximum atomic E-state index is 13.3. The largest absolute Gasteiger partial charge is 0.450 e. The molecule has 5 rings (SSSR count). The third kappa shape index (κ3) is 2.80. The van der Waals surface area contributed by atoms with E-state index in [1.165, 1.54) is 0 Å². The zero-order valence-corrected chi connectivity index (χ0v) is 16.6. The summed E-state index contributed by atoms with van der Waals surface area (Å²) in [5.41, 5.74) is 2.23. The van der Waals surface area contributed by atoms with Crippen LogP contribution in [0, 0.1) is 6.92 Å². The van der Waals surface area contributed by atoms with Gasteiger partial charge in [0.2, 0.25) is 5.76 Å². The zero-order valence-electron chi connectivity index (χ0n) is 15.8. The lowest BCUT2D eigenvalue weighted by Gasteiger charge is -2.30. The van der Waals surface area contributed by atoms with Crippen molar-refractivity contribution in [2.75, 3.05) is 11.5 Å². The summed E-state index contributed by atoms with van der Waals surface area (Å²) >= 11 is 0. The fourth-order valence-corrected chi connectivity index (χ4v) is 6.10. The highest BCUT2D eigenvalue weighted by Gasteiger charge is 2.48. The minimum atomic E-state index is -3.21. The third-order valence-electron chi connectivity index (χ3n) is 5.81. The first-order valence-electron chi connectivity index (χ1n) is 9.51. The first-order valence-corrected chi connectivity index (χ1v) is 11.3. The molecule has 2 atom stereocenters. The molecule has 1 saturated heterocycles. The van der Waals surface area contributed by atoms with Gasteiger partial charge in [0.05, 0.1) is 28.5 Å². The SMILES string of the molecule is Cc1ccc([C@@H]2c3c(oc4ccccc4c3=O)C(=O)N2[C@H]2CCS(=O)(=O)C2)cc1. The van der Waals surface area contributed by atoms with Crippen LogP contribution in [-0.4, -0.2) is 36.8 Å². The normalized spacial score (nSPS) is 22.9. The monoisotopic (exact) mass is 409 g/mol. The molecule has 0 spiro atoms. The van der Waals surface area contributed by atoms with E-state index in [4.69, 9.17) is 4.42 Å². The maximum Gasteiger partial charge on any atom is 0.291 e.